The number of thiophene rings is 1. The maximum absolute atomic E-state index is 14.4. The molecule has 3 aromatic rings. The van der Waals surface area contributed by atoms with Gasteiger partial charge in [-0.15, -0.1) is 11.3 Å². The fourth-order valence-corrected chi connectivity index (χ4v) is 5.85. The van der Waals surface area contributed by atoms with E-state index in [1.807, 2.05) is 32.0 Å². The van der Waals surface area contributed by atoms with Crippen molar-refractivity contribution in [2.24, 2.45) is 5.73 Å². The summed E-state index contributed by atoms with van der Waals surface area (Å²) in [5.74, 6) is -0.686. The fraction of sp³-hybridized carbons (Fsp3) is 0.211. The molecule has 6 nitrogen and oxygen atoms in total. The number of carbonyl (C=O) groups excluding carboxylic acids is 1. The van der Waals surface area contributed by atoms with Crippen LogP contribution in [0.25, 0.3) is 10.1 Å². The molecule has 4 N–H and O–H groups in total. The molecule has 0 aliphatic heterocycles. The molecule has 11 heteroatoms. The monoisotopic (exact) mass is 519 g/mol. The predicted molar refractivity (Wildman–Crippen MR) is 114 cm³/mol. The van der Waals surface area contributed by atoms with Gasteiger partial charge in [-0.1, -0.05) is 23.8 Å². The lowest BCUT2D eigenvalue weighted by Crippen LogP contribution is -2.12. The highest BCUT2D eigenvalue weighted by atomic mass is 79.9. The standard InChI is InChI=1S/C19H17BrF2NO5PS/c1-9-3-4-11(10(2)5-9)8-28-14-7-12(18(23)24)6-13-15(20)17(30-16(13)14)19(21,22)29(25,26)27/h3-7H,8H2,1-2H3,(H2,23,24)(H2,25,26,27). The SMILES string of the molecule is Cc1ccc(COc2cc(C(N)=O)cc3c(Br)c(C(F)(F)P(=O)(O)O)sc23)c(C)c1. The summed E-state index contributed by atoms with van der Waals surface area (Å²) in [4.78, 5) is 29.1. The highest BCUT2D eigenvalue weighted by Crippen LogP contribution is 2.63. The summed E-state index contributed by atoms with van der Waals surface area (Å²) in [6.07, 6.45) is 0. The number of hydrogen-bond acceptors (Lipinski definition) is 4. The molecule has 1 aromatic heterocycles. The number of aryl methyl sites for hydroxylation is 2. The molecule has 0 spiro atoms. The van der Waals surface area contributed by atoms with Gasteiger partial charge in [0.15, 0.2) is 0 Å². The molecular weight excluding hydrogens is 503 g/mol. The number of ether oxygens (including phenoxy) is 1. The van der Waals surface area contributed by atoms with E-state index in [-0.39, 0.29) is 32.5 Å². The first-order valence-electron chi connectivity index (χ1n) is 8.51. The van der Waals surface area contributed by atoms with Crippen LogP contribution < -0.4 is 10.5 Å². The molecule has 0 unspecified atom stereocenters. The molecule has 1 heterocycles. The second-order valence-corrected chi connectivity index (χ2v) is 10.2. The van der Waals surface area contributed by atoms with Gasteiger partial charge in [0.2, 0.25) is 5.91 Å². The topological polar surface area (TPSA) is 110 Å². The molecule has 3 rings (SSSR count). The lowest BCUT2D eigenvalue weighted by atomic mass is 10.1. The van der Waals surface area contributed by atoms with E-state index in [9.17, 15) is 18.1 Å². The number of hydrogen-bond donors (Lipinski definition) is 3. The molecule has 2 aromatic carbocycles. The Bertz CT molecular complexity index is 1210. The van der Waals surface area contributed by atoms with Gasteiger partial charge in [-0.2, -0.15) is 8.78 Å². The molecule has 1 amide bonds. The summed E-state index contributed by atoms with van der Waals surface area (Å²) in [5.41, 5.74) is 3.86. The Hall–Kier alpha value is -1.84. The Labute approximate surface area is 183 Å². The van der Waals surface area contributed by atoms with Crippen molar-refractivity contribution in [1.29, 1.82) is 0 Å². The van der Waals surface area contributed by atoms with Crippen LogP contribution in [0.4, 0.5) is 8.78 Å². The quantitative estimate of drug-likeness (QED) is 0.388. The number of fused-ring (bicyclic) bond motifs is 1. The second kappa shape index (κ2) is 8.01. The van der Waals surface area contributed by atoms with E-state index >= 15 is 0 Å². The van der Waals surface area contributed by atoms with Crippen molar-refractivity contribution < 1.29 is 32.7 Å². The summed E-state index contributed by atoms with van der Waals surface area (Å²) in [6, 6.07) is 8.35. The van der Waals surface area contributed by atoms with E-state index in [1.165, 1.54) is 12.1 Å². The first kappa shape index (κ1) is 22.8. The van der Waals surface area contributed by atoms with Crippen LogP contribution in [0.1, 0.15) is 31.9 Å². The van der Waals surface area contributed by atoms with Gasteiger partial charge in [-0.25, -0.2) is 0 Å². The van der Waals surface area contributed by atoms with E-state index < -0.39 is 24.0 Å². The van der Waals surface area contributed by atoms with Gasteiger partial charge in [-0.05, 0) is 53.0 Å². The molecule has 0 radical (unpaired) electrons. The zero-order chi connectivity index (χ0) is 22.4. The molecule has 0 aliphatic carbocycles. The first-order chi connectivity index (χ1) is 13.8. The van der Waals surface area contributed by atoms with Crippen LogP contribution in [0.3, 0.4) is 0 Å². The second-order valence-electron chi connectivity index (χ2n) is 6.76. The summed E-state index contributed by atoms with van der Waals surface area (Å²) in [7, 11) is -5.78. The highest BCUT2D eigenvalue weighted by molar-refractivity contribution is 9.10. The van der Waals surface area contributed by atoms with Crippen molar-refractivity contribution in [1.82, 2.24) is 0 Å². The number of alkyl halides is 2. The van der Waals surface area contributed by atoms with E-state index in [0.717, 1.165) is 16.7 Å². The largest absolute Gasteiger partial charge is 0.487 e. The van der Waals surface area contributed by atoms with E-state index in [0.29, 0.717) is 11.3 Å². The minimum Gasteiger partial charge on any atom is -0.487 e. The zero-order valence-electron chi connectivity index (χ0n) is 15.8. The average Bonchev–Trinajstić information content (AvgIpc) is 2.97. The van der Waals surface area contributed by atoms with Gasteiger partial charge in [0.05, 0.1) is 4.70 Å². The van der Waals surface area contributed by atoms with Crippen LogP contribution in [-0.2, 0) is 16.8 Å². The third kappa shape index (κ3) is 4.15. The van der Waals surface area contributed by atoms with Gasteiger partial charge in [0.25, 0.3) is 0 Å². The molecule has 0 saturated carbocycles. The maximum Gasteiger partial charge on any atom is 0.400 e. The van der Waals surface area contributed by atoms with Crippen LogP contribution in [0.15, 0.2) is 34.8 Å². The van der Waals surface area contributed by atoms with E-state index in [2.05, 4.69) is 15.9 Å². The van der Waals surface area contributed by atoms with Crippen LogP contribution in [0.5, 0.6) is 5.75 Å². The number of nitrogens with two attached hydrogens (primary N) is 1. The smallest absolute Gasteiger partial charge is 0.400 e. The average molecular weight is 520 g/mol. The Morgan fingerprint density at radius 3 is 2.50 bits per heavy atom. The molecule has 0 saturated heterocycles. The minimum absolute atomic E-state index is 0.0164. The molecule has 0 fully saturated rings. The maximum atomic E-state index is 14.4. The van der Waals surface area contributed by atoms with Gasteiger partial charge >= 0.3 is 13.3 Å². The van der Waals surface area contributed by atoms with Crippen molar-refractivity contribution in [3.8, 4) is 5.75 Å². The third-order valence-electron chi connectivity index (χ3n) is 4.50. The number of benzene rings is 2. The predicted octanol–water partition coefficient (Wildman–Crippen LogP) is 5.19. The Morgan fingerprint density at radius 2 is 1.93 bits per heavy atom. The summed E-state index contributed by atoms with van der Waals surface area (Å²) in [6.45, 7) is 3.95. The van der Waals surface area contributed by atoms with Gasteiger partial charge in [-0.3, -0.25) is 9.36 Å². The molecule has 160 valence electrons. The first-order valence-corrected chi connectivity index (χ1v) is 11.7. The zero-order valence-corrected chi connectivity index (χ0v) is 19.1. The molecule has 0 atom stereocenters. The summed E-state index contributed by atoms with van der Waals surface area (Å²) in [5, 5.41) is 0.148. The number of amides is 1. The van der Waals surface area contributed by atoms with Crippen molar-refractivity contribution in [3.63, 3.8) is 0 Å². The van der Waals surface area contributed by atoms with Crippen LogP contribution in [-0.4, -0.2) is 15.7 Å². The molecule has 0 aliphatic rings. The number of primary amides is 1. The number of carbonyl (C=O) groups is 1. The van der Waals surface area contributed by atoms with Crippen molar-refractivity contribution in [3.05, 3.63) is 61.9 Å². The Kier molecular flexibility index (Phi) is 6.10. The lowest BCUT2D eigenvalue weighted by Gasteiger charge is -2.16. The van der Waals surface area contributed by atoms with Crippen LogP contribution in [0.2, 0.25) is 0 Å². The van der Waals surface area contributed by atoms with Crippen molar-refractivity contribution in [2.75, 3.05) is 0 Å². The summed E-state index contributed by atoms with van der Waals surface area (Å²) < 4.78 is 45.9. The van der Waals surface area contributed by atoms with E-state index in [4.69, 9.17) is 20.3 Å². The van der Waals surface area contributed by atoms with Gasteiger partial charge < -0.3 is 20.3 Å². The highest BCUT2D eigenvalue weighted by Gasteiger charge is 2.53. The molecule has 0 bridgehead atoms. The van der Waals surface area contributed by atoms with Crippen molar-refractivity contribution in [2.45, 2.75) is 26.1 Å². The number of rotatable bonds is 6. The normalized spacial score (nSPS) is 12.4. The van der Waals surface area contributed by atoms with Crippen LogP contribution in [0, 0.1) is 13.8 Å². The Morgan fingerprint density at radius 1 is 1.27 bits per heavy atom. The van der Waals surface area contributed by atoms with Gasteiger partial charge in [0.1, 0.15) is 17.2 Å². The summed E-state index contributed by atoms with van der Waals surface area (Å²) >= 11 is 3.47. The molecule has 30 heavy (non-hydrogen) atoms. The fourth-order valence-electron chi connectivity index (χ4n) is 2.88. The third-order valence-corrected chi connectivity index (χ3v) is 7.98. The number of halogens is 3. The minimum atomic E-state index is -5.78. The Balaban J connectivity index is 2.14. The van der Waals surface area contributed by atoms with Crippen LogP contribution >= 0.6 is 34.9 Å². The van der Waals surface area contributed by atoms with Crippen molar-refractivity contribution >= 4 is 50.9 Å². The molecular formula is C19H17BrF2NO5PS. The lowest BCUT2D eigenvalue weighted by molar-refractivity contribution is 0.0595. The van der Waals surface area contributed by atoms with Gasteiger partial charge in [0, 0.05) is 15.4 Å². The van der Waals surface area contributed by atoms with E-state index in [1.54, 1.807) is 0 Å².